The molecule has 2 rings (SSSR count). The number of H-pyrrole nitrogens is 1. The van der Waals surface area contributed by atoms with Crippen LogP contribution in [0.2, 0.25) is 0 Å². The van der Waals surface area contributed by atoms with Crippen molar-refractivity contribution in [2.24, 2.45) is 0 Å². The number of aromatic nitrogens is 1. The first-order valence-electron chi connectivity index (χ1n) is 6.13. The quantitative estimate of drug-likeness (QED) is 0.642. The predicted molar refractivity (Wildman–Crippen MR) is 78.7 cm³/mol. The minimum Gasteiger partial charge on any atom is -0.390 e. The molecule has 1 aromatic carbocycles. The van der Waals surface area contributed by atoms with Crippen LogP contribution < -0.4 is 5.43 Å². The Morgan fingerprint density at radius 2 is 2.05 bits per heavy atom. The molecular weight excluding hydrogens is 262 g/mol. The molecule has 0 aliphatic rings. The van der Waals surface area contributed by atoms with Crippen molar-refractivity contribution >= 4 is 23.5 Å². The zero-order valence-corrected chi connectivity index (χ0v) is 11.5. The van der Waals surface area contributed by atoms with Gasteiger partial charge in [0, 0.05) is 22.7 Å². The van der Waals surface area contributed by atoms with Crippen molar-refractivity contribution in [1.82, 2.24) is 4.98 Å². The van der Waals surface area contributed by atoms with E-state index in [0.29, 0.717) is 23.1 Å². The summed E-state index contributed by atoms with van der Waals surface area (Å²) < 4.78 is 0. The normalized spacial score (nSPS) is 14.5. The molecule has 0 aliphatic heterocycles. The van der Waals surface area contributed by atoms with Gasteiger partial charge in [0.1, 0.15) is 6.10 Å². The number of pyridine rings is 1. The van der Waals surface area contributed by atoms with Crippen LogP contribution in [0.25, 0.3) is 10.9 Å². The number of hydrogen-bond donors (Lipinski definition) is 4. The fourth-order valence-corrected chi connectivity index (χ4v) is 2.36. The third kappa shape index (κ3) is 3.00. The minimum atomic E-state index is -1.00. The number of aliphatic hydroxyl groups excluding tert-OH is 2. The number of nitrogens with one attached hydrogen (secondary N) is 1. The Morgan fingerprint density at radius 3 is 2.74 bits per heavy atom. The Morgan fingerprint density at radius 1 is 1.32 bits per heavy atom. The van der Waals surface area contributed by atoms with Crippen molar-refractivity contribution in [3.8, 4) is 0 Å². The van der Waals surface area contributed by atoms with Gasteiger partial charge >= 0.3 is 0 Å². The predicted octanol–water partition coefficient (Wildman–Crippen LogP) is 1.55. The van der Waals surface area contributed by atoms with E-state index in [4.69, 9.17) is 0 Å². The summed E-state index contributed by atoms with van der Waals surface area (Å²) in [5, 5.41) is 20.3. The maximum atomic E-state index is 11.9. The summed E-state index contributed by atoms with van der Waals surface area (Å²) in [6, 6.07) is 6.60. The van der Waals surface area contributed by atoms with Gasteiger partial charge < -0.3 is 15.2 Å². The highest BCUT2D eigenvalue weighted by Crippen LogP contribution is 2.22. The van der Waals surface area contributed by atoms with Gasteiger partial charge in [-0.25, -0.2) is 0 Å². The van der Waals surface area contributed by atoms with Gasteiger partial charge in [0.25, 0.3) is 0 Å². The second kappa shape index (κ2) is 5.77. The van der Waals surface area contributed by atoms with E-state index < -0.39 is 12.2 Å². The first-order chi connectivity index (χ1) is 9.02. The SMILES string of the molecule is Cc1cc(=O)c2cc(C(O)C(O)CCS)ccc2[nH]1. The van der Waals surface area contributed by atoms with Crippen LogP contribution in [0.4, 0.5) is 0 Å². The molecule has 4 nitrogen and oxygen atoms in total. The summed E-state index contributed by atoms with van der Waals surface area (Å²) in [5.74, 6) is 0.492. The van der Waals surface area contributed by atoms with E-state index in [-0.39, 0.29) is 5.43 Å². The third-order valence-electron chi connectivity index (χ3n) is 3.12. The molecule has 1 heterocycles. The van der Waals surface area contributed by atoms with E-state index in [1.54, 1.807) is 18.2 Å². The van der Waals surface area contributed by atoms with Gasteiger partial charge in [0.05, 0.1) is 6.10 Å². The molecule has 0 saturated heterocycles. The van der Waals surface area contributed by atoms with E-state index in [1.807, 2.05) is 6.92 Å². The lowest BCUT2D eigenvalue weighted by Crippen LogP contribution is -2.19. The number of aliphatic hydroxyl groups is 2. The number of thiol groups is 1. The number of hydrogen-bond acceptors (Lipinski definition) is 4. The van der Waals surface area contributed by atoms with Crippen molar-refractivity contribution in [1.29, 1.82) is 0 Å². The van der Waals surface area contributed by atoms with Crippen LogP contribution in [0.1, 0.15) is 23.8 Å². The van der Waals surface area contributed by atoms with Gasteiger partial charge in [-0.3, -0.25) is 4.79 Å². The number of aryl methyl sites for hydroxylation is 1. The molecule has 19 heavy (non-hydrogen) atoms. The molecule has 0 bridgehead atoms. The lowest BCUT2D eigenvalue weighted by molar-refractivity contribution is 0.0173. The van der Waals surface area contributed by atoms with E-state index in [2.05, 4.69) is 17.6 Å². The second-order valence-electron chi connectivity index (χ2n) is 4.65. The fraction of sp³-hybridized carbons (Fsp3) is 0.357. The van der Waals surface area contributed by atoms with Gasteiger partial charge in [-0.1, -0.05) is 6.07 Å². The van der Waals surface area contributed by atoms with Gasteiger partial charge in [-0.15, -0.1) is 0 Å². The zero-order valence-electron chi connectivity index (χ0n) is 10.6. The summed E-state index contributed by atoms with van der Waals surface area (Å²) in [6.07, 6.45) is -1.48. The monoisotopic (exact) mass is 279 g/mol. The van der Waals surface area contributed by atoms with Crippen molar-refractivity contribution in [3.05, 3.63) is 45.7 Å². The minimum absolute atomic E-state index is 0.0935. The highest BCUT2D eigenvalue weighted by molar-refractivity contribution is 7.80. The lowest BCUT2D eigenvalue weighted by atomic mass is 10.0. The molecule has 0 spiro atoms. The molecule has 2 atom stereocenters. The summed E-state index contributed by atoms with van der Waals surface area (Å²) in [6.45, 7) is 1.82. The molecule has 5 heteroatoms. The molecule has 2 unspecified atom stereocenters. The average molecular weight is 279 g/mol. The van der Waals surface area contributed by atoms with Crippen molar-refractivity contribution < 1.29 is 10.2 Å². The van der Waals surface area contributed by atoms with Crippen LogP contribution in [0.5, 0.6) is 0 Å². The number of benzene rings is 1. The first kappa shape index (κ1) is 14.1. The second-order valence-corrected chi connectivity index (χ2v) is 5.09. The van der Waals surface area contributed by atoms with Gasteiger partial charge in [-0.05, 0) is 36.8 Å². The van der Waals surface area contributed by atoms with Crippen LogP contribution in [-0.4, -0.2) is 27.1 Å². The molecule has 0 saturated carbocycles. The first-order valence-corrected chi connectivity index (χ1v) is 6.76. The maximum Gasteiger partial charge on any atom is 0.189 e. The Labute approximate surface area is 116 Å². The molecule has 0 aliphatic carbocycles. The van der Waals surface area contributed by atoms with Crippen LogP contribution in [0.15, 0.2) is 29.1 Å². The molecule has 2 aromatic rings. The topological polar surface area (TPSA) is 73.3 Å². The van der Waals surface area contributed by atoms with Gasteiger partial charge in [-0.2, -0.15) is 12.6 Å². The Bertz CT molecular complexity index is 638. The number of rotatable bonds is 4. The van der Waals surface area contributed by atoms with Gasteiger partial charge in [0.2, 0.25) is 0 Å². The lowest BCUT2D eigenvalue weighted by Gasteiger charge is -2.17. The molecular formula is C14H17NO3S. The molecule has 0 radical (unpaired) electrons. The van der Waals surface area contributed by atoms with Crippen LogP contribution in [0, 0.1) is 6.92 Å². The molecule has 102 valence electrons. The highest BCUT2D eigenvalue weighted by atomic mass is 32.1. The van der Waals surface area contributed by atoms with Crippen LogP contribution >= 0.6 is 12.6 Å². The van der Waals surface area contributed by atoms with E-state index in [0.717, 1.165) is 11.2 Å². The van der Waals surface area contributed by atoms with Crippen molar-refractivity contribution in [3.63, 3.8) is 0 Å². The maximum absolute atomic E-state index is 11.9. The number of fused-ring (bicyclic) bond motifs is 1. The third-order valence-corrected chi connectivity index (χ3v) is 3.38. The molecule has 1 aromatic heterocycles. The van der Waals surface area contributed by atoms with E-state index >= 15 is 0 Å². The highest BCUT2D eigenvalue weighted by Gasteiger charge is 2.18. The van der Waals surface area contributed by atoms with Crippen molar-refractivity contribution in [2.75, 3.05) is 5.75 Å². The summed E-state index contributed by atoms with van der Waals surface area (Å²) in [5.41, 5.74) is 1.96. The summed E-state index contributed by atoms with van der Waals surface area (Å²) in [7, 11) is 0. The van der Waals surface area contributed by atoms with Crippen LogP contribution in [0.3, 0.4) is 0 Å². The van der Waals surface area contributed by atoms with E-state index in [9.17, 15) is 15.0 Å². The fourth-order valence-electron chi connectivity index (χ4n) is 2.09. The number of aromatic amines is 1. The Hall–Kier alpha value is -1.30. The van der Waals surface area contributed by atoms with Crippen molar-refractivity contribution in [2.45, 2.75) is 25.6 Å². The smallest absolute Gasteiger partial charge is 0.189 e. The summed E-state index contributed by atoms with van der Waals surface area (Å²) >= 11 is 4.03. The van der Waals surface area contributed by atoms with Gasteiger partial charge in [0.15, 0.2) is 5.43 Å². The molecule has 0 amide bonds. The standard InChI is InChI=1S/C14H17NO3S/c1-8-6-13(17)10-7-9(2-3-11(10)15-8)14(18)12(16)4-5-19/h2-3,6-7,12,14,16,18-19H,4-5H2,1H3,(H,15,17). The Kier molecular flexibility index (Phi) is 4.29. The average Bonchev–Trinajstić information content (AvgIpc) is 2.37. The van der Waals surface area contributed by atoms with E-state index in [1.165, 1.54) is 6.07 Å². The molecule has 3 N–H and O–H groups in total. The van der Waals surface area contributed by atoms with Crippen LogP contribution in [-0.2, 0) is 0 Å². The Balaban J connectivity index is 2.44. The zero-order chi connectivity index (χ0) is 14.0. The largest absolute Gasteiger partial charge is 0.390 e. The summed E-state index contributed by atoms with van der Waals surface area (Å²) in [4.78, 5) is 15.0. The molecule has 0 fully saturated rings.